The first-order chi connectivity index (χ1) is 8.99. The number of anilines is 2. The van der Waals surface area contributed by atoms with Gasteiger partial charge in [0.15, 0.2) is 0 Å². The average molecular weight is 317 g/mol. The number of nitrogens with zero attached hydrogens (tertiary/aromatic N) is 1. The van der Waals surface area contributed by atoms with Gasteiger partial charge in [0, 0.05) is 11.2 Å². The fourth-order valence-electron chi connectivity index (χ4n) is 1.45. The zero-order chi connectivity index (χ0) is 14.0. The highest BCUT2D eigenvalue weighted by atomic mass is 35.5. The van der Waals surface area contributed by atoms with Crippen molar-refractivity contribution >= 4 is 52.2 Å². The molecule has 0 saturated carbocycles. The van der Waals surface area contributed by atoms with Crippen LogP contribution in [0.5, 0.6) is 0 Å². The molecule has 0 aliphatic heterocycles. The summed E-state index contributed by atoms with van der Waals surface area (Å²) in [5.74, 6) is -0.321. The number of carbonyl (C=O) groups excluding carboxylic acids is 1. The van der Waals surface area contributed by atoms with Gasteiger partial charge in [-0.2, -0.15) is 0 Å². The Hall–Kier alpha value is -1.49. The van der Waals surface area contributed by atoms with Crippen molar-refractivity contribution in [2.75, 3.05) is 11.1 Å². The Morgan fingerprint density at radius 2 is 1.84 bits per heavy atom. The van der Waals surface area contributed by atoms with Crippen LogP contribution in [0.25, 0.3) is 0 Å². The molecule has 4 nitrogen and oxygen atoms in total. The van der Waals surface area contributed by atoms with Crippen molar-refractivity contribution < 1.29 is 4.79 Å². The normalized spacial score (nSPS) is 10.3. The zero-order valence-corrected chi connectivity index (χ0v) is 11.7. The Kier molecular flexibility index (Phi) is 4.14. The van der Waals surface area contributed by atoms with Crippen LogP contribution in [-0.2, 0) is 0 Å². The molecule has 1 aromatic carbocycles. The van der Waals surface area contributed by atoms with Crippen LogP contribution in [0.3, 0.4) is 0 Å². The quantitative estimate of drug-likeness (QED) is 0.883. The van der Waals surface area contributed by atoms with E-state index < -0.39 is 5.91 Å². The largest absolute Gasteiger partial charge is 0.383 e. The van der Waals surface area contributed by atoms with Crippen molar-refractivity contribution in [3.63, 3.8) is 0 Å². The highest BCUT2D eigenvalue weighted by Crippen LogP contribution is 2.34. The van der Waals surface area contributed by atoms with E-state index >= 15 is 0 Å². The van der Waals surface area contributed by atoms with E-state index in [1.807, 2.05) is 0 Å². The number of halogens is 3. The summed E-state index contributed by atoms with van der Waals surface area (Å²) in [5.41, 5.74) is 6.14. The molecule has 0 bridgehead atoms. The van der Waals surface area contributed by atoms with Crippen LogP contribution in [0.4, 0.5) is 11.5 Å². The number of nitrogens with one attached hydrogen (secondary N) is 1. The molecule has 1 heterocycles. The van der Waals surface area contributed by atoms with E-state index in [2.05, 4.69) is 10.3 Å². The zero-order valence-electron chi connectivity index (χ0n) is 9.45. The molecule has 0 saturated heterocycles. The lowest BCUT2D eigenvalue weighted by Crippen LogP contribution is -2.15. The maximum absolute atomic E-state index is 12.0. The summed E-state index contributed by atoms with van der Waals surface area (Å²) in [5, 5.41) is 3.45. The third-order valence-electron chi connectivity index (χ3n) is 2.33. The second-order valence-electron chi connectivity index (χ2n) is 3.63. The number of nitrogens with two attached hydrogens (primary N) is 1. The van der Waals surface area contributed by atoms with E-state index in [9.17, 15) is 4.79 Å². The van der Waals surface area contributed by atoms with Gasteiger partial charge in [0.1, 0.15) is 5.82 Å². The lowest BCUT2D eigenvalue weighted by Gasteiger charge is -2.10. The SMILES string of the molecule is Nc1ncccc1C(=O)Nc1c(Cl)cc(Cl)cc1Cl. The molecule has 7 heteroatoms. The number of aromatic nitrogens is 1. The number of benzene rings is 1. The van der Waals surface area contributed by atoms with Crippen LogP contribution in [0, 0.1) is 0 Å². The molecular weight excluding hydrogens is 309 g/mol. The fraction of sp³-hybridized carbons (Fsp3) is 0. The third kappa shape index (κ3) is 3.10. The molecule has 98 valence electrons. The first-order valence-corrected chi connectivity index (χ1v) is 6.29. The van der Waals surface area contributed by atoms with Gasteiger partial charge in [-0.05, 0) is 24.3 Å². The van der Waals surface area contributed by atoms with E-state index in [4.69, 9.17) is 40.5 Å². The number of nitrogen functional groups attached to an aromatic ring is 1. The summed E-state index contributed by atoms with van der Waals surface area (Å²) in [6.07, 6.45) is 1.49. The standard InChI is InChI=1S/C12H8Cl3N3O/c13-6-4-8(14)10(9(15)5-6)18-12(19)7-2-1-3-17-11(7)16/h1-5H,(H2,16,17)(H,18,19). The Morgan fingerprint density at radius 1 is 1.21 bits per heavy atom. The molecule has 19 heavy (non-hydrogen) atoms. The number of hydrogen-bond donors (Lipinski definition) is 2. The van der Waals surface area contributed by atoms with Crippen LogP contribution in [0.1, 0.15) is 10.4 Å². The van der Waals surface area contributed by atoms with Crippen molar-refractivity contribution in [1.29, 1.82) is 0 Å². The minimum atomic E-state index is -0.447. The van der Waals surface area contributed by atoms with E-state index in [-0.39, 0.29) is 27.1 Å². The number of rotatable bonds is 2. The molecule has 3 N–H and O–H groups in total. The fourth-order valence-corrected chi connectivity index (χ4v) is 2.36. The molecule has 2 rings (SSSR count). The summed E-state index contributed by atoms with van der Waals surface area (Å²) in [6.45, 7) is 0. The van der Waals surface area contributed by atoms with E-state index in [0.29, 0.717) is 5.02 Å². The highest BCUT2D eigenvalue weighted by molar-refractivity contribution is 6.42. The summed E-state index contributed by atoms with van der Waals surface area (Å²) < 4.78 is 0. The lowest BCUT2D eigenvalue weighted by atomic mass is 10.2. The maximum Gasteiger partial charge on any atom is 0.259 e. The predicted molar refractivity (Wildman–Crippen MR) is 78.1 cm³/mol. The minimum Gasteiger partial charge on any atom is -0.383 e. The highest BCUT2D eigenvalue weighted by Gasteiger charge is 2.14. The van der Waals surface area contributed by atoms with Gasteiger partial charge in [0.2, 0.25) is 0 Å². The molecule has 0 unspecified atom stereocenters. The van der Waals surface area contributed by atoms with Gasteiger partial charge in [-0.15, -0.1) is 0 Å². The average Bonchev–Trinajstić information content (AvgIpc) is 2.34. The maximum atomic E-state index is 12.0. The van der Waals surface area contributed by atoms with Crippen molar-refractivity contribution in [2.45, 2.75) is 0 Å². The molecule has 0 aliphatic rings. The van der Waals surface area contributed by atoms with E-state index in [1.54, 1.807) is 12.1 Å². The summed E-state index contributed by atoms with van der Waals surface area (Å²) in [7, 11) is 0. The first-order valence-electron chi connectivity index (χ1n) is 5.15. The molecule has 0 atom stereocenters. The topological polar surface area (TPSA) is 68.0 Å². The van der Waals surface area contributed by atoms with Gasteiger partial charge >= 0.3 is 0 Å². The number of hydrogen-bond acceptors (Lipinski definition) is 3. The van der Waals surface area contributed by atoms with Crippen molar-refractivity contribution in [2.24, 2.45) is 0 Å². The van der Waals surface area contributed by atoms with Gasteiger partial charge in [-0.3, -0.25) is 4.79 Å². The molecule has 2 aromatic rings. The van der Waals surface area contributed by atoms with Gasteiger partial charge < -0.3 is 11.1 Å². The van der Waals surface area contributed by atoms with Gasteiger partial charge in [0.05, 0.1) is 21.3 Å². The Morgan fingerprint density at radius 3 is 2.42 bits per heavy atom. The Labute approximate surface area is 124 Å². The van der Waals surface area contributed by atoms with Gasteiger partial charge in [-0.25, -0.2) is 4.98 Å². The van der Waals surface area contributed by atoms with Gasteiger partial charge in [-0.1, -0.05) is 34.8 Å². The van der Waals surface area contributed by atoms with Crippen LogP contribution >= 0.6 is 34.8 Å². The monoisotopic (exact) mass is 315 g/mol. The van der Waals surface area contributed by atoms with Crippen LogP contribution in [0.15, 0.2) is 30.5 Å². The van der Waals surface area contributed by atoms with Crippen molar-refractivity contribution in [1.82, 2.24) is 4.98 Å². The third-order valence-corrected chi connectivity index (χ3v) is 3.14. The Bertz CT molecular complexity index is 623. The first kappa shape index (κ1) is 13.9. The van der Waals surface area contributed by atoms with E-state index in [0.717, 1.165) is 0 Å². The van der Waals surface area contributed by atoms with Crippen LogP contribution < -0.4 is 11.1 Å². The molecule has 0 radical (unpaired) electrons. The molecule has 0 spiro atoms. The van der Waals surface area contributed by atoms with E-state index in [1.165, 1.54) is 18.3 Å². The van der Waals surface area contributed by atoms with Crippen LogP contribution in [0.2, 0.25) is 15.1 Å². The van der Waals surface area contributed by atoms with Gasteiger partial charge in [0.25, 0.3) is 5.91 Å². The minimum absolute atomic E-state index is 0.126. The van der Waals surface area contributed by atoms with Crippen molar-refractivity contribution in [3.8, 4) is 0 Å². The predicted octanol–water partition coefficient (Wildman–Crippen LogP) is 3.88. The second kappa shape index (κ2) is 5.65. The molecule has 1 amide bonds. The van der Waals surface area contributed by atoms with Crippen LogP contribution in [-0.4, -0.2) is 10.9 Å². The molecule has 0 fully saturated rings. The molecular formula is C12H8Cl3N3O. The number of carbonyl (C=O) groups is 1. The number of pyridine rings is 1. The number of amides is 1. The lowest BCUT2D eigenvalue weighted by molar-refractivity contribution is 0.102. The summed E-state index contributed by atoms with van der Waals surface area (Å²) in [6, 6.07) is 6.13. The summed E-state index contributed by atoms with van der Waals surface area (Å²) in [4.78, 5) is 15.9. The molecule has 1 aromatic heterocycles. The smallest absolute Gasteiger partial charge is 0.259 e. The second-order valence-corrected chi connectivity index (χ2v) is 4.89. The Balaban J connectivity index is 2.32. The summed E-state index contributed by atoms with van der Waals surface area (Å²) >= 11 is 17.7. The molecule has 0 aliphatic carbocycles. The van der Waals surface area contributed by atoms with Crippen molar-refractivity contribution in [3.05, 3.63) is 51.1 Å².